The number of carbonyl (C=O) groups excluding carboxylic acids is 1. The van der Waals surface area contributed by atoms with Crippen LogP contribution in [0.15, 0.2) is 67.0 Å². The van der Waals surface area contributed by atoms with Crippen molar-refractivity contribution < 1.29 is 4.79 Å². The number of aryl methyl sites for hydroxylation is 2. The average Bonchev–Trinajstić information content (AvgIpc) is 3.46. The van der Waals surface area contributed by atoms with E-state index in [9.17, 15) is 4.79 Å². The second kappa shape index (κ2) is 9.05. The Balaban J connectivity index is 1.30. The van der Waals surface area contributed by atoms with Crippen LogP contribution in [-0.4, -0.2) is 43.1 Å². The number of benzene rings is 1. The monoisotopic (exact) mass is 477 g/mol. The molecule has 1 aliphatic rings. The van der Waals surface area contributed by atoms with E-state index in [0.717, 1.165) is 64.4 Å². The smallest absolute Gasteiger partial charge is 0.274 e. The van der Waals surface area contributed by atoms with Crippen LogP contribution in [0.5, 0.6) is 0 Å². The lowest BCUT2D eigenvalue weighted by Gasteiger charge is -2.14. The molecule has 36 heavy (non-hydrogen) atoms. The van der Waals surface area contributed by atoms with Gasteiger partial charge < -0.3 is 10.6 Å². The highest BCUT2D eigenvalue weighted by atomic mass is 16.1. The predicted octanol–water partition coefficient (Wildman–Crippen LogP) is 4.37. The molecule has 8 heteroatoms. The highest BCUT2D eigenvalue weighted by Gasteiger charge is 2.18. The Kier molecular flexibility index (Phi) is 5.58. The third-order valence-electron chi connectivity index (χ3n) is 6.64. The molecule has 5 heterocycles. The molecule has 0 bridgehead atoms. The van der Waals surface area contributed by atoms with Crippen molar-refractivity contribution in [2.75, 3.05) is 18.4 Å². The summed E-state index contributed by atoms with van der Waals surface area (Å²) in [4.78, 5) is 22.5. The maximum Gasteiger partial charge on any atom is 0.274 e. The zero-order valence-electron chi connectivity index (χ0n) is 20.3. The van der Waals surface area contributed by atoms with Gasteiger partial charge in [-0.3, -0.25) is 18.9 Å². The number of anilines is 1. The maximum absolute atomic E-state index is 13.3. The number of nitrogens with one attached hydrogen (secondary N) is 2. The van der Waals surface area contributed by atoms with Gasteiger partial charge in [-0.25, -0.2) is 4.98 Å². The van der Waals surface area contributed by atoms with Gasteiger partial charge in [-0.15, -0.1) is 0 Å². The van der Waals surface area contributed by atoms with Crippen LogP contribution in [0.4, 0.5) is 5.69 Å². The molecule has 0 saturated carbocycles. The van der Waals surface area contributed by atoms with Crippen LogP contribution in [0.2, 0.25) is 0 Å². The number of hydrogen-bond donors (Lipinski definition) is 2. The van der Waals surface area contributed by atoms with Crippen molar-refractivity contribution in [1.82, 2.24) is 29.5 Å². The van der Waals surface area contributed by atoms with Crippen LogP contribution in [0.1, 0.15) is 39.6 Å². The molecule has 5 aromatic rings. The lowest BCUT2D eigenvalue weighted by atomic mass is 10.0. The van der Waals surface area contributed by atoms with E-state index in [0.29, 0.717) is 12.2 Å². The van der Waals surface area contributed by atoms with Crippen molar-refractivity contribution in [3.05, 3.63) is 95.3 Å². The number of carbonyl (C=O) groups is 1. The Bertz CT molecular complexity index is 1640. The molecule has 1 aliphatic heterocycles. The largest absolute Gasteiger partial charge is 0.320 e. The van der Waals surface area contributed by atoms with Crippen molar-refractivity contribution in [2.45, 2.75) is 26.8 Å². The third-order valence-corrected chi connectivity index (χ3v) is 6.64. The van der Waals surface area contributed by atoms with Crippen molar-refractivity contribution in [3.63, 3.8) is 0 Å². The number of nitrogens with zero attached hydrogens (tertiary/aromatic N) is 5. The van der Waals surface area contributed by atoms with Crippen LogP contribution in [0, 0.1) is 13.8 Å². The molecule has 8 nitrogen and oxygen atoms in total. The topological polar surface area (TPSA) is 89.1 Å². The van der Waals surface area contributed by atoms with Gasteiger partial charge in [0, 0.05) is 23.8 Å². The minimum Gasteiger partial charge on any atom is -0.320 e. The normalized spacial score (nSPS) is 13.8. The third kappa shape index (κ3) is 4.05. The molecular formula is C28H27N7O. The average molecular weight is 478 g/mol. The first-order chi connectivity index (χ1) is 17.6. The fourth-order valence-corrected chi connectivity index (χ4v) is 4.91. The lowest BCUT2D eigenvalue weighted by Crippen LogP contribution is -2.20. The highest BCUT2D eigenvalue weighted by Crippen LogP contribution is 2.28. The Morgan fingerprint density at radius 1 is 1.14 bits per heavy atom. The fraction of sp³-hybridized carbons (Fsp3) is 0.214. The van der Waals surface area contributed by atoms with Gasteiger partial charge in [0.15, 0.2) is 0 Å². The van der Waals surface area contributed by atoms with Gasteiger partial charge in [-0.2, -0.15) is 5.10 Å². The minimum absolute atomic E-state index is 0.212. The fourth-order valence-electron chi connectivity index (χ4n) is 4.91. The van der Waals surface area contributed by atoms with E-state index in [1.165, 1.54) is 5.57 Å². The van der Waals surface area contributed by atoms with Gasteiger partial charge >= 0.3 is 0 Å². The van der Waals surface area contributed by atoms with Gasteiger partial charge in [0.1, 0.15) is 11.3 Å². The molecule has 1 amide bonds. The number of fused-ring (bicyclic) bond motifs is 2. The summed E-state index contributed by atoms with van der Waals surface area (Å²) in [5.41, 5.74) is 8.15. The maximum atomic E-state index is 13.3. The number of imidazole rings is 1. The Hall–Kier alpha value is -4.30. The van der Waals surface area contributed by atoms with Gasteiger partial charge in [0.25, 0.3) is 5.91 Å². The summed E-state index contributed by atoms with van der Waals surface area (Å²) in [5, 5.41) is 12.1. The molecule has 0 atom stereocenters. The van der Waals surface area contributed by atoms with Gasteiger partial charge in [0.05, 0.1) is 35.3 Å². The summed E-state index contributed by atoms with van der Waals surface area (Å²) < 4.78 is 3.77. The molecule has 0 aliphatic carbocycles. The molecule has 1 aromatic carbocycles. The summed E-state index contributed by atoms with van der Waals surface area (Å²) >= 11 is 0. The number of amides is 1. The summed E-state index contributed by atoms with van der Waals surface area (Å²) in [6, 6.07) is 15.9. The van der Waals surface area contributed by atoms with E-state index in [-0.39, 0.29) is 5.91 Å². The molecule has 6 rings (SSSR count). The summed E-state index contributed by atoms with van der Waals surface area (Å²) in [6.07, 6.45) is 6.75. The van der Waals surface area contributed by atoms with E-state index in [4.69, 9.17) is 5.10 Å². The molecule has 0 fully saturated rings. The van der Waals surface area contributed by atoms with Gasteiger partial charge in [0.2, 0.25) is 0 Å². The molecule has 0 unspecified atom stereocenters. The van der Waals surface area contributed by atoms with E-state index in [1.54, 1.807) is 6.20 Å². The van der Waals surface area contributed by atoms with E-state index >= 15 is 0 Å². The molecule has 180 valence electrons. The standard InChI is InChI=1S/C28H27N7O/c1-18-5-3-6-22(31-18)17-35-24-8-4-7-23(27(24)19(2)33-35)32-28(36)25-16-30-26-15-21(11-14-34(25)26)20-9-12-29-13-10-20/h3-9,11,14-16,29H,10,12-13,17H2,1-2H3,(H,32,36). The van der Waals surface area contributed by atoms with E-state index in [1.807, 2.05) is 71.6 Å². The van der Waals surface area contributed by atoms with Crippen LogP contribution >= 0.6 is 0 Å². The SMILES string of the molecule is Cc1cccc(Cn2nc(C)c3c(NC(=O)c4cnc5cc(C6=CCNCC6)ccn45)cccc32)n1. The van der Waals surface area contributed by atoms with Crippen LogP contribution in [0.25, 0.3) is 22.1 Å². The second-order valence-corrected chi connectivity index (χ2v) is 9.14. The first-order valence-corrected chi connectivity index (χ1v) is 12.1. The molecular weight excluding hydrogens is 450 g/mol. The number of hydrogen-bond acceptors (Lipinski definition) is 5. The molecule has 4 aromatic heterocycles. The zero-order valence-corrected chi connectivity index (χ0v) is 20.3. The highest BCUT2D eigenvalue weighted by molar-refractivity contribution is 6.08. The van der Waals surface area contributed by atoms with Gasteiger partial charge in [-0.05, 0) is 74.3 Å². The number of rotatable bonds is 5. The lowest BCUT2D eigenvalue weighted by molar-refractivity contribution is 0.102. The molecule has 0 radical (unpaired) electrons. The molecule has 0 spiro atoms. The van der Waals surface area contributed by atoms with Crippen LogP contribution in [0.3, 0.4) is 0 Å². The first-order valence-electron chi connectivity index (χ1n) is 12.1. The predicted molar refractivity (Wildman–Crippen MR) is 141 cm³/mol. The molecule has 2 N–H and O–H groups in total. The summed E-state index contributed by atoms with van der Waals surface area (Å²) in [5.74, 6) is -0.212. The van der Waals surface area contributed by atoms with Crippen molar-refractivity contribution >= 4 is 33.7 Å². The Morgan fingerprint density at radius 2 is 2.03 bits per heavy atom. The first kappa shape index (κ1) is 22.2. The van der Waals surface area contributed by atoms with Crippen LogP contribution in [-0.2, 0) is 6.54 Å². The Labute approximate surface area is 208 Å². The van der Waals surface area contributed by atoms with Crippen LogP contribution < -0.4 is 10.6 Å². The van der Waals surface area contributed by atoms with Crippen molar-refractivity contribution in [1.29, 1.82) is 0 Å². The van der Waals surface area contributed by atoms with Crippen molar-refractivity contribution in [2.24, 2.45) is 0 Å². The minimum atomic E-state index is -0.212. The second-order valence-electron chi connectivity index (χ2n) is 9.14. The quantitative estimate of drug-likeness (QED) is 0.392. The van der Waals surface area contributed by atoms with E-state index < -0.39 is 0 Å². The zero-order chi connectivity index (χ0) is 24.6. The Morgan fingerprint density at radius 3 is 2.86 bits per heavy atom. The van der Waals surface area contributed by atoms with Crippen molar-refractivity contribution in [3.8, 4) is 0 Å². The number of aromatic nitrogens is 5. The summed E-state index contributed by atoms with van der Waals surface area (Å²) in [6.45, 7) is 6.36. The number of pyridine rings is 2. The van der Waals surface area contributed by atoms with Gasteiger partial charge in [-0.1, -0.05) is 18.2 Å². The summed E-state index contributed by atoms with van der Waals surface area (Å²) in [7, 11) is 0. The van der Waals surface area contributed by atoms with E-state index in [2.05, 4.69) is 32.7 Å². The molecule has 0 saturated heterocycles.